The maximum Gasteiger partial charge on any atom is 0.306 e. The number of aliphatic carboxylic acids is 1. The first-order chi connectivity index (χ1) is 8.58. The Hall–Kier alpha value is -1.89. The Morgan fingerprint density at radius 3 is 3.00 bits per heavy atom. The zero-order chi connectivity index (χ0) is 13.1. The van der Waals surface area contributed by atoms with Crippen molar-refractivity contribution >= 4 is 11.9 Å². The van der Waals surface area contributed by atoms with Gasteiger partial charge in [0.05, 0.1) is 25.3 Å². The Labute approximate surface area is 103 Å². The van der Waals surface area contributed by atoms with Gasteiger partial charge in [-0.3, -0.25) is 9.59 Å². The van der Waals surface area contributed by atoms with E-state index >= 15 is 0 Å². The molecule has 0 bridgehead atoms. The number of rotatable bonds is 3. The fraction of sp³-hybridized carbons (Fsp3) is 0.545. The molecular formula is C11H14N2O5. The summed E-state index contributed by atoms with van der Waals surface area (Å²) in [6.07, 6.45) is 0.894. The molecule has 1 unspecified atom stereocenters. The highest BCUT2D eigenvalue weighted by molar-refractivity contribution is 5.92. The molecule has 7 heteroatoms. The van der Waals surface area contributed by atoms with Crippen molar-refractivity contribution in [2.24, 2.45) is 0 Å². The number of carboxylic acids is 1. The Bertz CT molecular complexity index is 456. The topological polar surface area (TPSA) is 92.9 Å². The van der Waals surface area contributed by atoms with Crippen molar-refractivity contribution in [1.29, 1.82) is 0 Å². The lowest BCUT2D eigenvalue weighted by Gasteiger charge is -2.31. The van der Waals surface area contributed by atoms with E-state index in [2.05, 4.69) is 5.16 Å². The van der Waals surface area contributed by atoms with Gasteiger partial charge < -0.3 is 19.3 Å². The minimum absolute atomic E-state index is 0.112. The van der Waals surface area contributed by atoms with Crippen LogP contribution in [0.5, 0.6) is 0 Å². The molecule has 1 fully saturated rings. The van der Waals surface area contributed by atoms with Crippen LogP contribution in [0.15, 0.2) is 10.7 Å². The summed E-state index contributed by atoms with van der Waals surface area (Å²) in [4.78, 5) is 24.2. The average Bonchev–Trinajstić information content (AvgIpc) is 2.74. The molecule has 0 aliphatic carbocycles. The monoisotopic (exact) mass is 254 g/mol. The second kappa shape index (κ2) is 5.18. The van der Waals surface area contributed by atoms with Crippen LogP contribution in [-0.2, 0) is 9.53 Å². The predicted molar refractivity (Wildman–Crippen MR) is 59.1 cm³/mol. The zero-order valence-corrected chi connectivity index (χ0v) is 9.96. The number of hydrogen-bond acceptors (Lipinski definition) is 5. The molecule has 0 spiro atoms. The quantitative estimate of drug-likeness (QED) is 0.833. The van der Waals surface area contributed by atoms with Crippen molar-refractivity contribution in [3.8, 4) is 0 Å². The van der Waals surface area contributed by atoms with Crippen LogP contribution in [0.3, 0.4) is 0 Å². The number of carboxylic acid groups (broad SMARTS) is 1. The van der Waals surface area contributed by atoms with E-state index in [9.17, 15) is 9.59 Å². The van der Waals surface area contributed by atoms with E-state index in [1.807, 2.05) is 0 Å². The molecule has 0 aromatic carbocycles. The largest absolute Gasteiger partial charge is 0.481 e. The van der Waals surface area contributed by atoms with E-state index in [1.165, 1.54) is 11.1 Å². The third-order valence-corrected chi connectivity index (χ3v) is 2.77. The Morgan fingerprint density at radius 1 is 1.61 bits per heavy atom. The molecular weight excluding hydrogens is 240 g/mol. The van der Waals surface area contributed by atoms with Gasteiger partial charge >= 0.3 is 5.97 Å². The highest BCUT2D eigenvalue weighted by Gasteiger charge is 2.29. The van der Waals surface area contributed by atoms with Crippen LogP contribution in [0, 0.1) is 6.92 Å². The normalized spacial score (nSPS) is 19.8. The smallest absolute Gasteiger partial charge is 0.306 e. The summed E-state index contributed by atoms with van der Waals surface area (Å²) in [7, 11) is 0. The number of aryl methyl sites for hydroxylation is 1. The fourth-order valence-corrected chi connectivity index (χ4v) is 1.86. The molecule has 1 aromatic heterocycles. The third-order valence-electron chi connectivity index (χ3n) is 2.77. The van der Waals surface area contributed by atoms with E-state index in [-0.39, 0.29) is 24.6 Å². The van der Waals surface area contributed by atoms with Gasteiger partial charge in [0.2, 0.25) is 5.76 Å². The van der Waals surface area contributed by atoms with Gasteiger partial charge in [-0.1, -0.05) is 5.16 Å². The van der Waals surface area contributed by atoms with Crippen molar-refractivity contribution < 1.29 is 24.0 Å². The number of morpholine rings is 1. The number of nitrogens with zero attached hydrogens (tertiary/aromatic N) is 2. The molecule has 1 aliphatic heterocycles. The van der Waals surface area contributed by atoms with E-state index in [1.54, 1.807) is 6.92 Å². The minimum Gasteiger partial charge on any atom is -0.481 e. The minimum atomic E-state index is -0.940. The molecule has 1 N–H and O–H groups in total. The van der Waals surface area contributed by atoms with Crippen molar-refractivity contribution in [2.45, 2.75) is 19.4 Å². The van der Waals surface area contributed by atoms with E-state index < -0.39 is 12.1 Å². The first kappa shape index (κ1) is 12.6. The fourth-order valence-electron chi connectivity index (χ4n) is 1.86. The summed E-state index contributed by atoms with van der Waals surface area (Å²) >= 11 is 0. The zero-order valence-electron chi connectivity index (χ0n) is 9.96. The van der Waals surface area contributed by atoms with Crippen LogP contribution in [0.25, 0.3) is 0 Å². The maximum atomic E-state index is 12.1. The number of ether oxygens (including phenoxy) is 1. The second-order valence-electron chi connectivity index (χ2n) is 4.18. The summed E-state index contributed by atoms with van der Waals surface area (Å²) in [5, 5.41) is 12.3. The van der Waals surface area contributed by atoms with Gasteiger partial charge in [0.25, 0.3) is 5.91 Å². The van der Waals surface area contributed by atoms with Gasteiger partial charge in [-0.15, -0.1) is 0 Å². The van der Waals surface area contributed by atoms with Gasteiger partial charge in [0, 0.05) is 18.7 Å². The molecule has 18 heavy (non-hydrogen) atoms. The summed E-state index contributed by atoms with van der Waals surface area (Å²) in [6, 6.07) is 0. The highest BCUT2D eigenvalue weighted by Crippen LogP contribution is 2.14. The van der Waals surface area contributed by atoms with Crippen LogP contribution in [0.4, 0.5) is 0 Å². The third kappa shape index (κ3) is 2.67. The van der Waals surface area contributed by atoms with Crippen LogP contribution in [0.2, 0.25) is 0 Å². The van der Waals surface area contributed by atoms with Gasteiger partial charge in [-0.2, -0.15) is 0 Å². The molecule has 7 nitrogen and oxygen atoms in total. The Balaban J connectivity index is 2.03. The molecule has 2 rings (SSSR count). The summed E-state index contributed by atoms with van der Waals surface area (Å²) in [5.41, 5.74) is 0.668. The molecule has 0 radical (unpaired) electrons. The molecule has 2 heterocycles. The van der Waals surface area contributed by atoms with Gasteiger partial charge in [0.15, 0.2) is 0 Å². The second-order valence-corrected chi connectivity index (χ2v) is 4.18. The SMILES string of the molecule is Cc1cnoc1C(=O)N1CCOC(CC(=O)O)C1. The van der Waals surface area contributed by atoms with Crippen molar-refractivity contribution in [3.05, 3.63) is 17.5 Å². The van der Waals surface area contributed by atoms with Crippen molar-refractivity contribution in [2.75, 3.05) is 19.7 Å². The lowest BCUT2D eigenvalue weighted by atomic mass is 10.2. The van der Waals surface area contributed by atoms with E-state index in [4.69, 9.17) is 14.4 Å². The van der Waals surface area contributed by atoms with Gasteiger partial charge in [-0.05, 0) is 6.92 Å². The lowest BCUT2D eigenvalue weighted by Crippen LogP contribution is -2.46. The van der Waals surface area contributed by atoms with E-state index in [0.29, 0.717) is 18.7 Å². The molecule has 1 saturated heterocycles. The van der Waals surface area contributed by atoms with Crippen LogP contribution < -0.4 is 0 Å². The van der Waals surface area contributed by atoms with Crippen molar-refractivity contribution in [1.82, 2.24) is 10.1 Å². The average molecular weight is 254 g/mol. The van der Waals surface area contributed by atoms with Crippen LogP contribution in [-0.4, -0.2) is 52.8 Å². The molecule has 98 valence electrons. The van der Waals surface area contributed by atoms with Crippen molar-refractivity contribution in [3.63, 3.8) is 0 Å². The highest BCUT2D eigenvalue weighted by atomic mass is 16.5. The number of aromatic nitrogens is 1. The summed E-state index contributed by atoms with van der Waals surface area (Å²) in [6.45, 7) is 2.75. The first-order valence-corrected chi connectivity index (χ1v) is 5.62. The van der Waals surface area contributed by atoms with Crippen LogP contribution >= 0.6 is 0 Å². The van der Waals surface area contributed by atoms with Gasteiger partial charge in [0.1, 0.15) is 0 Å². The Kier molecular flexibility index (Phi) is 3.61. The number of carbonyl (C=O) groups is 2. The first-order valence-electron chi connectivity index (χ1n) is 5.62. The standard InChI is InChI=1S/C11H14N2O5/c1-7-5-12-18-10(7)11(16)13-2-3-17-8(6-13)4-9(14)15/h5,8H,2-4,6H2,1H3,(H,14,15). The maximum absolute atomic E-state index is 12.1. The molecule has 0 saturated carbocycles. The van der Waals surface area contributed by atoms with E-state index in [0.717, 1.165) is 0 Å². The molecule has 1 amide bonds. The summed E-state index contributed by atoms with van der Waals surface area (Å²) in [5.74, 6) is -1.01. The number of hydrogen-bond donors (Lipinski definition) is 1. The summed E-state index contributed by atoms with van der Waals surface area (Å²) < 4.78 is 10.2. The lowest BCUT2D eigenvalue weighted by molar-refractivity contribution is -0.141. The Morgan fingerprint density at radius 2 is 2.39 bits per heavy atom. The number of carbonyl (C=O) groups excluding carboxylic acids is 1. The van der Waals surface area contributed by atoms with Crippen LogP contribution in [0.1, 0.15) is 22.5 Å². The molecule has 1 aliphatic rings. The molecule has 1 aromatic rings. The number of amides is 1. The molecule has 1 atom stereocenters. The predicted octanol–water partition coefficient (Wildman–Crippen LogP) is 0.299. The van der Waals surface area contributed by atoms with Gasteiger partial charge in [-0.25, -0.2) is 0 Å².